The molecular formula is C52H34N6. The first-order valence-corrected chi connectivity index (χ1v) is 19.4. The van der Waals surface area contributed by atoms with Crippen LogP contribution in [0.15, 0.2) is 206 Å². The average molecular weight is 743 g/mol. The van der Waals surface area contributed by atoms with E-state index in [0.29, 0.717) is 17.5 Å². The van der Waals surface area contributed by atoms with Crippen molar-refractivity contribution in [3.05, 3.63) is 206 Å². The van der Waals surface area contributed by atoms with E-state index in [2.05, 4.69) is 143 Å². The molecule has 3 aromatic heterocycles. The lowest BCUT2D eigenvalue weighted by Crippen LogP contribution is -2.05. The number of imidazole rings is 1. The van der Waals surface area contributed by atoms with Crippen LogP contribution in [-0.2, 0) is 0 Å². The van der Waals surface area contributed by atoms with E-state index in [1.165, 1.54) is 21.9 Å². The Balaban J connectivity index is 1.22. The van der Waals surface area contributed by atoms with Crippen molar-refractivity contribution in [2.45, 2.75) is 0 Å². The highest BCUT2D eigenvalue weighted by Crippen LogP contribution is 2.40. The highest BCUT2D eigenvalue weighted by molar-refractivity contribution is 6.11. The summed E-state index contributed by atoms with van der Waals surface area (Å²) in [4.78, 5) is 20.9. The Labute approximate surface area is 335 Å². The van der Waals surface area contributed by atoms with Gasteiger partial charge in [-0.05, 0) is 71.8 Å². The molecule has 6 nitrogen and oxygen atoms in total. The van der Waals surface area contributed by atoms with Gasteiger partial charge in [-0.25, -0.2) is 19.9 Å². The third kappa shape index (κ3) is 5.74. The molecule has 0 aliphatic rings. The van der Waals surface area contributed by atoms with Crippen molar-refractivity contribution in [3.8, 4) is 68.1 Å². The lowest BCUT2D eigenvalue weighted by atomic mass is 10.0. The summed E-state index contributed by atoms with van der Waals surface area (Å²) in [6, 6.07) is 71.5. The highest BCUT2D eigenvalue weighted by Gasteiger charge is 2.22. The summed E-state index contributed by atoms with van der Waals surface area (Å²) < 4.78 is 4.59. The van der Waals surface area contributed by atoms with Crippen LogP contribution in [0.4, 0.5) is 0 Å². The van der Waals surface area contributed by atoms with Crippen LogP contribution in [0.2, 0.25) is 0 Å². The van der Waals surface area contributed by atoms with E-state index >= 15 is 0 Å². The minimum atomic E-state index is 0.568. The topological polar surface area (TPSA) is 61.4 Å². The first kappa shape index (κ1) is 33.4. The fraction of sp³-hybridized carbons (Fsp3) is 0. The Morgan fingerprint density at radius 3 is 1.53 bits per heavy atom. The van der Waals surface area contributed by atoms with Crippen LogP contribution in [0, 0.1) is 0 Å². The maximum Gasteiger partial charge on any atom is 0.166 e. The maximum atomic E-state index is 5.28. The van der Waals surface area contributed by atoms with Crippen molar-refractivity contribution in [2.75, 3.05) is 0 Å². The molecule has 58 heavy (non-hydrogen) atoms. The van der Waals surface area contributed by atoms with E-state index in [9.17, 15) is 0 Å². The zero-order valence-electron chi connectivity index (χ0n) is 31.3. The monoisotopic (exact) mass is 742 g/mol. The normalized spacial score (nSPS) is 11.4. The predicted octanol–water partition coefficient (Wildman–Crippen LogP) is 12.6. The van der Waals surface area contributed by atoms with Crippen LogP contribution in [0.25, 0.3) is 101 Å². The van der Waals surface area contributed by atoms with Crippen molar-refractivity contribution in [1.82, 2.24) is 29.1 Å². The fourth-order valence-electron chi connectivity index (χ4n) is 8.08. The first-order chi connectivity index (χ1) is 28.8. The van der Waals surface area contributed by atoms with Crippen molar-refractivity contribution < 1.29 is 0 Å². The van der Waals surface area contributed by atoms with Gasteiger partial charge in [-0.15, -0.1) is 0 Å². The van der Waals surface area contributed by atoms with Crippen molar-refractivity contribution in [1.29, 1.82) is 0 Å². The van der Waals surface area contributed by atoms with Crippen molar-refractivity contribution >= 4 is 32.8 Å². The number of hydrogen-bond donors (Lipinski definition) is 0. The average Bonchev–Trinajstić information content (AvgIpc) is 3.86. The van der Waals surface area contributed by atoms with E-state index in [1.54, 1.807) is 0 Å². The largest absolute Gasteiger partial charge is 0.309 e. The summed E-state index contributed by atoms with van der Waals surface area (Å²) in [7, 11) is 0. The summed E-state index contributed by atoms with van der Waals surface area (Å²) in [5.41, 5.74) is 12.1. The van der Waals surface area contributed by atoms with E-state index in [4.69, 9.17) is 19.9 Å². The van der Waals surface area contributed by atoms with Gasteiger partial charge in [0.1, 0.15) is 5.82 Å². The summed E-state index contributed by atoms with van der Waals surface area (Å²) in [5.74, 6) is 2.61. The van der Waals surface area contributed by atoms with Crippen LogP contribution in [-0.4, -0.2) is 29.1 Å². The number of aromatic nitrogens is 6. The van der Waals surface area contributed by atoms with Gasteiger partial charge in [0.15, 0.2) is 17.5 Å². The van der Waals surface area contributed by atoms with Gasteiger partial charge in [0.05, 0.1) is 27.8 Å². The molecule has 0 N–H and O–H groups in total. The third-order valence-corrected chi connectivity index (χ3v) is 10.8. The summed E-state index contributed by atoms with van der Waals surface area (Å²) >= 11 is 0. The van der Waals surface area contributed by atoms with Gasteiger partial charge < -0.3 is 4.57 Å². The number of benzene rings is 8. The quantitative estimate of drug-likeness (QED) is 0.163. The van der Waals surface area contributed by atoms with Gasteiger partial charge in [-0.3, -0.25) is 4.57 Å². The molecule has 0 saturated carbocycles. The van der Waals surface area contributed by atoms with E-state index < -0.39 is 0 Å². The van der Waals surface area contributed by atoms with Gasteiger partial charge in [0, 0.05) is 38.7 Å². The van der Waals surface area contributed by atoms with Crippen LogP contribution >= 0.6 is 0 Å². The van der Waals surface area contributed by atoms with E-state index in [1.807, 2.05) is 72.8 Å². The van der Waals surface area contributed by atoms with Gasteiger partial charge in [-0.1, -0.05) is 146 Å². The molecule has 272 valence electrons. The molecule has 0 fully saturated rings. The number of para-hydroxylation sites is 4. The Kier molecular flexibility index (Phi) is 8.04. The lowest BCUT2D eigenvalue weighted by molar-refractivity contribution is 1.06. The molecule has 0 atom stereocenters. The second kappa shape index (κ2) is 14.0. The van der Waals surface area contributed by atoms with E-state index in [0.717, 1.165) is 61.5 Å². The second-order valence-electron chi connectivity index (χ2n) is 14.3. The number of hydrogen-bond acceptors (Lipinski definition) is 4. The minimum Gasteiger partial charge on any atom is -0.309 e. The van der Waals surface area contributed by atoms with Crippen molar-refractivity contribution in [2.24, 2.45) is 0 Å². The number of nitrogens with zero attached hydrogens (tertiary/aromatic N) is 6. The molecule has 0 spiro atoms. The highest BCUT2D eigenvalue weighted by atomic mass is 15.1. The molecule has 0 unspecified atom stereocenters. The standard InChI is InChI=1S/C52H34N6/c1-5-17-35(18-6-1)38-29-31-46-42(33-38)41-25-13-15-27-45(41)58(46)47-32-30-39(52-53-44-26-14-16-28-48(44)57(52)40-23-11-4-12-24-40)34-43(47)51-55-49(36-19-7-2-8-20-36)54-50(56-51)37-21-9-3-10-22-37/h1-34H. The van der Waals surface area contributed by atoms with Crippen LogP contribution in [0.5, 0.6) is 0 Å². The Morgan fingerprint density at radius 2 is 0.845 bits per heavy atom. The molecule has 0 aliphatic heterocycles. The Bertz CT molecular complexity index is 3200. The third-order valence-electron chi connectivity index (χ3n) is 10.8. The second-order valence-corrected chi connectivity index (χ2v) is 14.3. The number of fused-ring (bicyclic) bond motifs is 4. The fourth-order valence-corrected chi connectivity index (χ4v) is 8.08. The molecule has 11 aromatic rings. The van der Waals surface area contributed by atoms with Crippen LogP contribution < -0.4 is 0 Å². The van der Waals surface area contributed by atoms with Gasteiger partial charge in [0.2, 0.25) is 0 Å². The van der Waals surface area contributed by atoms with E-state index in [-0.39, 0.29) is 0 Å². The smallest absolute Gasteiger partial charge is 0.166 e. The molecule has 0 bridgehead atoms. The molecular weight excluding hydrogens is 709 g/mol. The molecule has 11 rings (SSSR count). The molecule has 8 aromatic carbocycles. The van der Waals surface area contributed by atoms with Crippen LogP contribution in [0.3, 0.4) is 0 Å². The molecule has 3 heterocycles. The SMILES string of the molecule is c1ccc(-c2ccc3c(c2)c2ccccc2n3-c2ccc(-c3nc4ccccc4n3-c3ccccc3)cc2-c2nc(-c3ccccc3)nc(-c3ccccc3)n2)cc1. The maximum absolute atomic E-state index is 5.28. The summed E-state index contributed by atoms with van der Waals surface area (Å²) in [6.07, 6.45) is 0. The van der Waals surface area contributed by atoms with Crippen LogP contribution in [0.1, 0.15) is 0 Å². The summed E-state index contributed by atoms with van der Waals surface area (Å²) in [5, 5.41) is 2.34. The Morgan fingerprint density at radius 1 is 0.310 bits per heavy atom. The minimum absolute atomic E-state index is 0.568. The lowest BCUT2D eigenvalue weighted by Gasteiger charge is -2.17. The molecule has 0 radical (unpaired) electrons. The van der Waals surface area contributed by atoms with Gasteiger partial charge >= 0.3 is 0 Å². The zero-order valence-corrected chi connectivity index (χ0v) is 31.3. The van der Waals surface area contributed by atoms with Crippen molar-refractivity contribution in [3.63, 3.8) is 0 Å². The van der Waals surface area contributed by atoms with Gasteiger partial charge in [0.25, 0.3) is 0 Å². The first-order valence-electron chi connectivity index (χ1n) is 19.4. The molecule has 0 aliphatic carbocycles. The Hall–Kier alpha value is -7.96. The number of rotatable bonds is 7. The summed E-state index contributed by atoms with van der Waals surface area (Å²) in [6.45, 7) is 0. The molecule has 0 amide bonds. The zero-order chi connectivity index (χ0) is 38.4. The predicted molar refractivity (Wildman–Crippen MR) is 236 cm³/mol. The molecule has 6 heteroatoms. The molecule has 0 saturated heterocycles. The van der Waals surface area contributed by atoms with Gasteiger partial charge in [-0.2, -0.15) is 0 Å².